The van der Waals surface area contributed by atoms with Gasteiger partial charge in [0, 0.05) is 72.0 Å². The Morgan fingerprint density at radius 2 is 2.06 bits per heavy atom. The molecule has 0 spiro atoms. The zero-order valence-corrected chi connectivity index (χ0v) is 19.9. The van der Waals surface area contributed by atoms with E-state index in [1.54, 1.807) is 17.5 Å². The van der Waals surface area contributed by atoms with Crippen LogP contribution in [-0.4, -0.2) is 59.5 Å². The van der Waals surface area contributed by atoms with Crippen molar-refractivity contribution in [2.45, 2.75) is 13.3 Å². The number of anilines is 2. The Bertz CT molecular complexity index is 1350. The first-order chi connectivity index (χ1) is 16.1. The number of aromatic nitrogens is 2. The second kappa shape index (κ2) is 9.36. The van der Waals surface area contributed by atoms with Crippen molar-refractivity contribution < 1.29 is 0 Å². The van der Waals surface area contributed by atoms with Crippen LogP contribution in [0, 0.1) is 18.3 Å². The Labute approximate surface area is 198 Å². The lowest BCUT2D eigenvalue weighted by atomic mass is 10.1. The Morgan fingerprint density at radius 1 is 1.21 bits per heavy atom. The molecule has 3 aromatic heterocycles. The standard InChI is InChI=1S/C26H28N6S/c1-18-21-8-9-28-24(21)7-6-23(18)30-25-19(16-27)17-29-26-22(25)15-20(33-26)5-3-4-10-32-13-11-31(2)12-14-32/h3,5-9,15,17,28H,4,10-14H2,1-2H3,(H,29,30)/b5-3+. The average Bonchev–Trinajstić information content (AvgIpc) is 3.47. The molecular weight excluding hydrogens is 428 g/mol. The van der Waals surface area contributed by atoms with Gasteiger partial charge < -0.3 is 20.1 Å². The number of piperazine rings is 1. The van der Waals surface area contributed by atoms with Gasteiger partial charge in [0.15, 0.2) is 0 Å². The maximum Gasteiger partial charge on any atom is 0.125 e. The van der Waals surface area contributed by atoms with Gasteiger partial charge in [-0.05, 0) is 56.3 Å². The molecule has 0 saturated carbocycles. The number of thiophene rings is 1. The Morgan fingerprint density at radius 3 is 2.88 bits per heavy atom. The van der Waals surface area contributed by atoms with Crippen molar-refractivity contribution in [1.29, 1.82) is 5.26 Å². The van der Waals surface area contributed by atoms with Crippen LogP contribution in [0.25, 0.3) is 27.2 Å². The molecule has 33 heavy (non-hydrogen) atoms. The molecule has 0 amide bonds. The van der Waals surface area contributed by atoms with Crippen molar-refractivity contribution in [3.05, 3.63) is 58.7 Å². The number of H-pyrrole nitrogens is 1. The van der Waals surface area contributed by atoms with Crippen molar-refractivity contribution in [3.8, 4) is 6.07 Å². The van der Waals surface area contributed by atoms with Crippen LogP contribution in [0.1, 0.15) is 22.4 Å². The fourth-order valence-corrected chi connectivity index (χ4v) is 5.33. The third-order valence-corrected chi connectivity index (χ3v) is 7.46. The van der Waals surface area contributed by atoms with Gasteiger partial charge in [-0.15, -0.1) is 11.3 Å². The van der Waals surface area contributed by atoms with Crippen LogP contribution < -0.4 is 5.32 Å². The summed E-state index contributed by atoms with van der Waals surface area (Å²) in [5.41, 5.74) is 4.65. The highest BCUT2D eigenvalue weighted by atomic mass is 32.1. The molecule has 0 radical (unpaired) electrons. The monoisotopic (exact) mass is 456 g/mol. The van der Waals surface area contributed by atoms with E-state index in [0.717, 1.165) is 76.7 Å². The molecule has 7 heteroatoms. The zero-order chi connectivity index (χ0) is 22.8. The SMILES string of the molecule is Cc1c(Nc2c(C#N)cnc3sc(/C=C/CCN4CCN(C)CC4)cc23)ccc2[nH]ccc12. The first-order valence-corrected chi connectivity index (χ1v) is 12.2. The second-order valence-corrected chi connectivity index (χ2v) is 9.73. The highest BCUT2D eigenvalue weighted by Crippen LogP contribution is 2.36. The fraction of sp³-hybridized carbons (Fsp3) is 0.308. The molecule has 168 valence electrons. The van der Waals surface area contributed by atoms with Crippen LogP contribution in [0.4, 0.5) is 11.4 Å². The van der Waals surface area contributed by atoms with Gasteiger partial charge in [0.1, 0.15) is 10.9 Å². The normalized spacial score (nSPS) is 15.5. The number of benzene rings is 1. The molecular formula is C26H28N6S. The molecule has 1 saturated heterocycles. The molecule has 4 heterocycles. The number of aromatic amines is 1. The summed E-state index contributed by atoms with van der Waals surface area (Å²) >= 11 is 1.66. The van der Waals surface area contributed by atoms with Crippen LogP contribution in [0.15, 0.2) is 42.7 Å². The van der Waals surface area contributed by atoms with E-state index in [2.05, 4.69) is 81.5 Å². The van der Waals surface area contributed by atoms with Gasteiger partial charge in [-0.1, -0.05) is 6.08 Å². The molecule has 0 aliphatic carbocycles. The number of pyridine rings is 1. The van der Waals surface area contributed by atoms with Crippen molar-refractivity contribution in [1.82, 2.24) is 19.8 Å². The maximum absolute atomic E-state index is 9.73. The number of rotatable bonds is 6. The number of likely N-dealkylation sites (N-methyl/N-ethyl adjacent to an activating group) is 1. The summed E-state index contributed by atoms with van der Waals surface area (Å²) in [7, 11) is 2.19. The molecule has 0 atom stereocenters. The minimum Gasteiger partial charge on any atom is -0.361 e. The molecule has 1 aliphatic heterocycles. The van der Waals surface area contributed by atoms with Crippen molar-refractivity contribution >= 4 is 49.9 Å². The number of fused-ring (bicyclic) bond motifs is 2. The van der Waals surface area contributed by atoms with E-state index in [0.29, 0.717) is 5.56 Å². The summed E-state index contributed by atoms with van der Waals surface area (Å²) in [6.07, 6.45) is 9.11. The Hall–Kier alpha value is -3.18. The lowest BCUT2D eigenvalue weighted by Gasteiger charge is -2.31. The van der Waals surface area contributed by atoms with Crippen LogP contribution in [-0.2, 0) is 0 Å². The van der Waals surface area contributed by atoms with Crippen molar-refractivity contribution in [2.24, 2.45) is 0 Å². The van der Waals surface area contributed by atoms with E-state index in [9.17, 15) is 5.26 Å². The number of nitriles is 1. The zero-order valence-electron chi connectivity index (χ0n) is 19.1. The van der Waals surface area contributed by atoms with E-state index in [4.69, 9.17) is 0 Å². The van der Waals surface area contributed by atoms with Gasteiger partial charge in [0.2, 0.25) is 0 Å². The first-order valence-electron chi connectivity index (χ1n) is 11.4. The lowest BCUT2D eigenvalue weighted by molar-refractivity contribution is 0.156. The smallest absolute Gasteiger partial charge is 0.125 e. The number of aryl methyl sites for hydroxylation is 1. The predicted octanol–water partition coefficient (Wildman–Crippen LogP) is 5.35. The van der Waals surface area contributed by atoms with E-state index in [1.807, 2.05) is 6.20 Å². The number of nitrogens with one attached hydrogen (secondary N) is 2. The largest absolute Gasteiger partial charge is 0.361 e. The van der Waals surface area contributed by atoms with Gasteiger partial charge in [-0.2, -0.15) is 5.26 Å². The lowest BCUT2D eigenvalue weighted by Crippen LogP contribution is -2.44. The number of nitrogens with zero attached hydrogens (tertiary/aromatic N) is 4. The average molecular weight is 457 g/mol. The summed E-state index contributed by atoms with van der Waals surface area (Å²) in [6, 6.07) is 10.7. The highest BCUT2D eigenvalue weighted by Gasteiger charge is 2.15. The van der Waals surface area contributed by atoms with Gasteiger partial charge in [-0.3, -0.25) is 0 Å². The summed E-state index contributed by atoms with van der Waals surface area (Å²) in [5, 5.41) is 15.4. The summed E-state index contributed by atoms with van der Waals surface area (Å²) < 4.78 is 0. The molecule has 1 aliphatic rings. The minimum atomic E-state index is 0.555. The molecule has 2 N–H and O–H groups in total. The molecule has 4 aromatic rings. The summed E-state index contributed by atoms with van der Waals surface area (Å²) in [6.45, 7) is 7.80. The second-order valence-electron chi connectivity index (χ2n) is 8.66. The van der Waals surface area contributed by atoms with Crippen LogP contribution in [0.2, 0.25) is 0 Å². The topological polar surface area (TPSA) is 71.0 Å². The van der Waals surface area contributed by atoms with Gasteiger partial charge in [0.25, 0.3) is 0 Å². The predicted molar refractivity (Wildman–Crippen MR) is 138 cm³/mol. The molecule has 1 aromatic carbocycles. The fourth-order valence-electron chi connectivity index (χ4n) is 4.39. The quantitative estimate of drug-likeness (QED) is 0.409. The molecule has 5 rings (SSSR count). The van der Waals surface area contributed by atoms with E-state index in [1.165, 1.54) is 5.39 Å². The van der Waals surface area contributed by atoms with Gasteiger partial charge in [0.05, 0.1) is 11.3 Å². The maximum atomic E-state index is 9.73. The van der Waals surface area contributed by atoms with E-state index in [-0.39, 0.29) is 0 Å². The molecule has 0 unspecified atom stereocenters. The van der Waals surface area contributed by atoms with Crippen LogP contribution in [0.5, 0.6) is 0 Å². The van der Waals surface area contributed by atoms with Crippen LogP contribution in [0.3, 0.4) is 0 Å². The number of hydrogen-bond donors (Lipinski definition) is 2. The van der Waals surface area contributed by atoms with E-state index < -0.39 is 0 Å². The minimum absolute atomic E-state index is 0.555. The summed E-state index contributed by atoms with van der Waals surface area (Å²) in [4.78, 5) is 14.8. The molecule has 0 bridgehead atoms. The van der Waals surface area contributed by atoms with Crippen molar-refractivity contribution in [3.63, 3.8) is 0 Å². The van der Waals surface area contributed by atoms with E-state index >= 15 is 0 Å². The Balaban J connectivity index is 1.37. The third kappa shape index (κ3) is 4.51. The third-order valence-electron chi connectivity index (χ3n) is 6.45. The molecule has 6 nitrogen and oxygen atoms in total. The molecule has 1 fully saturated rings. The summed E-state index contributed by atoms with van der Waals surface area (Å²) in [5.74, 6) is 0. The first kappa shape index (κ1) is 21.7. The van der Waals surface area contributed by atoms with Crippen molar-refractivity contribution in [2.75, 3.05) is 45.1 Å². The van der Waals surface area contributed by atoms with Crippen LogP contribution >= 0.6 is 11.3 Å². The number of hydrogen-bond acceptors (Lipinski definition) is 6. The Kier molecular flexibility index (Phi) is 6.14. The highest BCUT2D eigenvalue weighted by molar-refractivity contribution is 7.19. The van der Waals surface area contributed by atoms with Gasteiger partial charge in [-0.25, -0.2) is 4.98 Å². The van der Waals surface area contributed by atoms with Gasteiger partial charge >= 0.3 is 0 Å².